The maximum Gasteiger partial charge on any atom is 0.137 e. The van der Waals surface area contributed by atoms with E-state index in [0.717, 1.165) is 11.3 Å². The van der Waals surface area contributed by atoms with E-state index in [1.807, 2.05) is 19.2 Å². The lowest BCUT2D eigenvalue weighted by atomic mass is 9.88. The summed E-state index contributed by atoms with van der Waals surface area (Å²) in [6, 6.07) is 2.16. The van der Waals surface area contributed by atoms with Crippen molar-refractivity contribution >= 4 is 0 Å². The standard InChI is InChI=1S/C15H24N2O/c1-2-18-14-9-13(10-17-11-14)15(16)12-7-5-3-4-6-8-12/h9-12,15H,2-8,16H2,1H3. The fourth-order valence-corrected chi connectivity index (χ4v) is 2.81. The van der Waals surface area contributed by atoms with Gasteiger partial charge in [-0.3, -0.25) is 4.98 Å². The minimum Gasteiger partial charge on any atom is -0.492 e. The van der Waals surface area contributed by atoms with Gasteiger partial charge in [-0.1, -0.05) is 25.7 Å². The Kier molecular flexibility index (Phi) is 5.00. The van der Waals surface area contributed by atoms with Gasteiger partial charge in [0.1, 0.15) is 5.75 Å². The number of nitrogens with zero attached hydrogens (tertiary/aromatic N) is 1. The van der Waals surface area contributed by atoms with Gasteiger partial charge in [0.2, 0.25) is 0 Å². The van der Waals surface area contributed by atoms with Gasteiger partial charge in [0, 0.05) is 12.2 Å². The largest absolute Gasteiger partial charge is 0.492 e. The predicted molar refractivity (Wildman–Crippen MR) is 73.5 cm³/mol. The van der Waals surface area contributed by atoms with Crippen molar-refractivity contribution in [3.05, 3.63) is 24.0 Å². The van der Waals surface area contributed by atoms with E-state index in [-0.39, 0.29) is 6.04 Å². The molecule has 0 aliphatic heterocycles. The van der Waals surface area contributed by atoms with Gasteiger partial charge in [-0.05, 0) is 37.3 Å². The molecule has 1 aliphatic rings. The van der Waals surface area contributed by atoms with E-state index in [1.54, 1.807) is 6.20 Å². The van der Waals surface area contributed by atoms with Gasteiger partial charge < -0.3 is 10.5 Å². The third kappa shape index (κ3) is 3.45. The van der Waals surface area contributed by atoms with Gasteiger partial charge >= 0.3 is 0 Å². The molecule has 0 aromatic carbocycles. The number of pyridine rings is 1. The summed E-state index contributed by atoms with van der Waals surface area (Å²) < 4.78 is 5.49. The van der Waals surface area contributed by atoms with E-state index < -0.39 is 0 Å². The Morgan fingerprint density at radius 1 is 1.28 bits per heavy atom. The normalized spacial score (nSPS) is 19.2. The fourth-order valence-electron chi connectivity index (χ4n) is 2.81. The molecule has 0 amide bonds. The van der Waals surface area contributed by atoms with Crippen molar-refractivity contribution in [3.8, 4) is 5.75 Å². The Labute approximate surface area is 110 Å². The smallest absolute Gasteiger partial charge is 0.137 e. The summed E-state index contributed by atoms with van der Waals surface area (Å²) in [7, 11) is 0. The topological polar surface area (TPSA) is 48.1 Å². The van der Waals surface area contributed by atoms with Crippen LogP contribution in [0.1, 0.15) is 57.1 Å². The Bertz CT molecular complexity index is 359. The second-order valence-electron chi connectivity index (χ2n) is 5.16. The summed E-state index contributed by atoms with van der Waals surface area (Å²) in [6.45, 7) is 2.65. The van der Waals surface area contributed by atoms with Crippen molar-refractivity contribution in [1.29, 1.82) is 0 Å². The third-order valence-electron chi connectivity index (χ3n) is 3.84. The molecule has 1 atom stereocenters. The summed E-state index contributed by atoms with van der Waals surface area (Å²) in [4.78, 5) is 4.24. The Morgan fingerprint density at radius 3 is 2.67 bits per heavy atom. The lowest BCUT2D eigenvalue weighted by Crippen LogP contribution is -2.21. The fraction of sp³-hybridized carbons (Fsp3) is 0.667. The van der Waals surface area contributed by atoms with Crippen LogP contribution < -0.4 is 10.5 Å². The van der Waals surface area contributed by atoms with Gasteiger partial charge in [-0.2, -0.15) is 0 Å². The highest BCUT2D eigenvalue weighted by molar-refractivity contribution is 5.26. The number of ether oxygens (including phenoxy) is 1. The van der Waals surface area contributed by atoms with Crippen LogP contribution in [0.25, 0.3) is 0 Å². The molecule has 3 nitrogen and oxygen atoms in total. The second kappa shape index (κ2) is 6.74. The minimum absolute atomic E-state index is 0.107. The van der Waals surface area contributed by atoms with Crippen molar-refractivity contribution in [2.24, 2.45) is 11.7 Å². The molecule has 0 saturated heterocycles. The van der Waals surface area contributed by atoms with Gasteiger partial charge in [0.05, 0.1) is 12.8 Å². The summed E-state index contributed by atoms with van der Waals surface area (Å²) in [5.74, 6) is 1.44. The Morgan fingerprint density at radius 2 is 2.00 bits per heavy atom. The molecular weight excluding hydrogens is 224 g/mol. The van der Waals surface area contributed by atoms with Crippen molar-refractivity contribution in [2.75, 3.05) is 6.61 Å². The van der Waals surface area contributed by atoms with E-state index in [9.17, 15) is 0 Å². The van der Waals surface area contributed by atoms with Crippen molar-refractivity contribution < 1.29 is 4.74 Å². The van der Waals surface area contributed by atoms with E-state index in [2.05, 4.69) is 4.98 Å². The van der Waals surface area contributed by atoms with Crippen LogP contribution in [0, 0.1) is 5.92 Å². The van der Waals surface area contributed by atoms with Crippen LogP contribution >= 0.6 is 0 Å². The molecule has 0 bridgehead atoms. The van der Waals surface area contributed by atoms with E-state index in [0.29, 0.717) is 12.5 Å². The minimum atomic E-state index is 0.107. The lowest BCUT2D eigenvalue weighted by molar-refractivity contribution is 0.335. The van der Waals surface area contributed by atoms with Crippen LogP contribution in [-0.2, 0) is 0 Å². The monoisotopic (exact) mass is 248 g/mol. The first-order chi connectivity index (χ1) is 8.81. The van der Waals surface area contributed by atoms with Gasteiger partial charge in [0.25, 0.3) is 0 Å². The molecule has 100 valence electrons. The molecule has 1 aromatic rings. The SMILES string of the molecule is CCOc1cncc(C(N)C2CCCCCC2)c1. The van der Waals surface area contributed by atoms with E-state index >= 15 is 0 Å². The molecule has 0 spiro atoms. The number of hydrogen-bond acceptors (Lipinski definition) is 3. The van der Waals surface area contributed by atoms with Crippen LogP contribution in [0.3, 0.4) is 0 Å². The molecule has 2 rings (SSSR count). The van der Waals surface area contributed by atoms with Crippen molar-refractivity contribution in [2.45, 2.75) is 51.5 Å². The number of aromatic nitrogens is 1. The van der Waals surface area contributed by atoms with Crippen LogP contribution in [0.4, 0.5) is 0 Å². The molecule has 1 aromatic heterocycles. The van der Waals surface area contributed by atoms with Crippen LogP contribution in [-0.4, -0.2) is 11.6 Å². The van der Waals surface area contributed by atoms with Gasteiger partial charge in [-0.25, -0.2) is 0 Å². The summed E-state index contributed by atoms with van der Waals surface area (Å²) >= 11 is 0. The zero-order valence-electron chi connectivity index (χ0n) is 11.3. The molecular formula is C15H24N2O. The lowest BCUT2D eigenvalue weighted by Gasteiger charge is -2.22. The summed E-state index contributed by atoms with van der Waals surface area (Å²) in [5, 5.41) is 0. The highest BCUT2D eigenvalue weighted by Crippen LogP contribution is 2.32. The number of nitrogens with two attached hydrogens (primary N) is 1. The molecule has 1 saturated carbocycles. The summed E-state index contributed by atoms with van der Waals surface area (Å²) in [6.07, 6.45) is 11.5. The quantitative estimate of drug-likeness (QED) is 0.830. The first kappa shape index (κ1) is 13.3. The van der Waals surface area contributed by atoms with Crippen LogP contribution in [0.2, 0.25) is 0 Å². The average Bonchev–Trinajstić information content (AvgIpc) is 2.67. The number of hydrogen-bond donors (Lipinski definition) is 1. The molecule has 3 heteroatoms. The molecule has 0 radical (unpaired) electrons. The van der Waals surface area contributed by atoms with Crippen molar-refractivity contribution in [1.82, 2.24) is 4.98 Å². The Balaban J connectivity index is 2.06. The predicted octanol–water partition coefficient (Wildman–Crippen LogP) is 3.45. The first-order valence-electron chi connectivity index (χ1n) is 7.14. The summed E-state index contributed by atoms with van der Waals surface area (Å²) in [5.41, 5.74) is 7.53. The van der Waals surface area contributed by atoms with E-state index in [4.69, 9.17) is 10.5 Å². The van der Waals surface area contributed by atoms with Crippen LogP contribution in [0.5, 0.6) is 5.75 Å². The van der Waals surface area contributed by atoms with Crippen LogP contribution in [0.15, 0.2) is 18.5 Å². The maximum atomic E-state index is 6.41. The first-order valence-corrected chi connectivity index (χ1v) is 7.14. The third-order valence-corrected chi connectivity index (χ3v) is 3.84. The Hall–Kier alpha value is -1.09. The zero-order chi connectivity index (χ0) is 12.8. The van der Waals surface area contributed by atoms with Gasteiger partial charge in [-0.15, -0.1) is 0 Å². The second-order valence-corrected chi connectivity index (χ2v) is 5.16. The van der Waals surface area contributed by atoms with Gasteiger partial charge in [0.15, 0.2) is 0 Å². The number of rotatable bonds is 4. The van der Waals surface area contributed by atoms with E-state index in [1.165, 1.54) is 38.5 Å². The molecule has 1 aliphatic carbocycles. The molecule has 2 N–H and O–H groups in total. The molecule has 1 heterocycles. The maximum absolute atomic E-state index is 6.41. The molecule has 1 fully saturated rings. The zero-order valence-corrected chi connectivity index (χ0v) is 11.3. The average molecular weight is 248 g/mol. The highest BCUT2D eigenvalue weighted by atomic mass is 16.5. The van der Waals surface area contributed by atoms with Crippen molar-refractivity contribution in [3.63, 3.8) is 0 Å². The molecule has 18 heavy (non-hydrogen) atoms. The highest BCUT2D eigenvalue weighted by Gasteiger charge is 2.21. The molecule has 1 unspecified atom stereocenters.